The summed E-state index contributed by atoms with van der Waals surface area (Å²) in [5, 5.41) is 18.8. The fourth-order valence-corrected chi connectivity index (χ4v) is 5.61. The molecule has 6 rings (SSSR count). The topological polar surface area (TPSA) is 89.4 Å². The zero-order chi connectivity index (χ0) is 23.2. The minimum Gasteiger partial charge on any atom is -0.479 e. The van der Waals surface area contributed by atoms with Gasteiger partial charge in [-0.05, 0) is 67.6 Å². The summed E-state index contributed by atoms with van der Waals surface area (Å²) in [5.74, 6) is -0.838. The van der Waals surface area contributed by atoms with Crippen molar-refractivity contribution in [3.63, 3.8) is 0 Å². The first-order chi connectivity index (χ1) is 16.6. The Hall–Kier alpha value is -3.23. The van der Waals surface area contributed by atoms with E-state index < -0.39 is 12.1 Å². The lowest BCUT2D eigenvalue weighted by Gasteiger charge is -2.31. The van der Waals surface area contributed by atoms with Crippen LogP contribution in [0, 0.1) is 5.82 Å². The van der Waals surface area contributed by atoms with Crippen LogP contribution in [-0.2, 0) is 14.3 Å². The van der Waals surface area contributed by atoms with Crippen LogP contribution in [0.15, 0.2) is 42.6 Å². The number of rotatable bonds is 4. The largest absolute Gasteiger partial charge is 0.479 e. The van der Waals surface area contributed by atoms with Gasteiger partial charge in [0.25, 0.3) is 0 Å². The van der Waals surface area contributed by atoms with Gasteiger partial charge in [-0.3, -0.25) is 5.10 Å². The number of ether oxygens (including phenoxy) is 2. The number of H-pyrrole nitrogens is 1. The van der Waals surface area contributed by atoms with Gasteiger partial charge in [0.1, 0.15) is 5.82 Å². The third-order valence-electron chi connectivity index (χ3n) is 7.26. The monoisotopic (exact) mass is 463 g/mol. The van der Waals surface area contributed by atoms with Crippen LogP contribution in [0.4, 0.5) is 4.39 Å². The van der Waals surface area contributed by atoms with Gasteiger partial charge in [-0.1, -0.05) is 0 Å². The predicted octanol–water partition coefficient (Wildman–Crippen LogP) is 4.89. The summed E-state index contributed by atoms with van der Waals surface area (Å²) in [6.07, 6.45) is 4.06. The first-order valence-electron chi connectivity index (χ1n) is 11.8. The van der Waals surface area contributed by atoms with Crippen LogP contribution in [0.5, 0.6) is 0 Å². The number of aliphatic carboxylic acids is 1. The SMILES string of the molecule is O=C(O)C1CC[C@H](c2c(C3CCOCC3)n(-c3ccc(F)cc3)c3cc4cn[nH]c4cc23)CO1. The number of hydrogen-bond donors (Lipinski definition) is 2. The fourth-order valence-electron chi connectivity index (χ4n) is 5.61. The summed E-state index contributed by atoms with van der Waals surface area (Å²) in [5.41, 5.74) is 5.29. The Morgan fingerprint density at radius 2 is 1.88 bits per heavy atom. The molecule has 0 bridgehead atoms. The molecule has 0 aliphatic carbocycles. The molecule has 1 unspecified atom stereocenters. The average molecular weight is 464 g/mol. The Kier molecular flexibility index (Phi) is 5.34. The van der Waals surface area contributed by atoms with Crippen molar-refractivity contribution in [2.45, 2.75) is 43.6 Å². The highest BCUT2D eigenvalue weighted by molar-refractivity contribution is 5.99. The van der Waals surface area contributed by atoms with E-state index in [1.165, 1.54) is 23.4 Å². The highest BCUT2D eigenvalue weighted by Crippen LogP contribution is 2.45. The Morgan fingerprint density at radius 3 is 2.59 bits per heavy atom. The molecule has 2 atom stereocenters. The highest BCUT2D eigenvalue weighted by atomic mass is 19.1. The molecule has 2 N–H and O–H groups in total. The molecule has 8 heteroatoms. The van der Waals surface area contributed by atoms with Gasteiger partial charge in [0.2, 0.25) is 0 Å². The van der Waals surface area contributed by atoms with Gasteiger partial charge in [-0.25, -0.2) is 9.18 Å². The number of aromatic nitrogens is 3. The van der Waals surface area contributed by atoms with E-state index in [1.807, 2.05) is 18.3 Å². The van der Waals surface area contributed by atoms with E-state index in [4.69, 9.17) is 9.47 Å². The van der Waals surface area contributed by atoms with Crippen molar-refractivity contribution < 1.29 is 23.8 Å². The lowest BCUT2D eigenvalue weighted by atomic mass is 9.84. The zero-order valence-corrected chi connectivity index (χ0v) is 18.7. The smallest absolute Gasteiger partial charge is 0.332 e. The van der Waals surface area contributed by atoms with Crippen molar-refractivity contribution in [2.75, 3.05) is 19.8 Å². The van der Waals surface area contributed by atoms with Crippen LogP contribution in [0.2, 0.25) is 0 Å². The number of benzene rings is 2. The zero-order valence-electron chi connectivity index (χ0n) is 18.7. The van der Waals surface area contributed by atoms with Crippen LogP contribution in [0.25, 0.3) is 27.5 Å². The highest BCUT2D eigenvalue weighted by Gasteiger charge is 2.34. The van der Waals surface area contributed by atoms with Crippen molar-refractivity contribution >= 4 is 27.8 Å². The third kappa shape index (κ3) is 3.58. The molecule has 2 saturated heterocycles. The molecule has 7 nitrogen and oxygen atoms in total. The van der Waals surface area contributed by atoms with Crippen molar-refractivity contribution in [3.05, 3.63) is 59.7 Å². The summed E-state index contributed by atoms with van der Waals surface area (Å²) in [6, 6.07) is 10.9. The van der Waals surface area contributed by atoms with E-state index >= 15 is 0 Å². The Balaban J connectivity index is 1.60. The number of hydrogen-bond acceptors (Lipinski definition) is 4. The molecule has 2 aromatic carbocycles. The van der Waals surface area contributed by atoms with Gasteiger partial charge in [-0.2, -0.15) is 5.10 Å². The summed E-state index contributed by atoms with van der Waals surface area (Å²) < 4.78 is 27.6. The molecular formula is C26H26FN3O4. The van der Waals surface area contributed by atoms with Gasteiger partial charge in [-0.15, -0.1) is 0 Å². The summed E-state index contributed by atoms with van der Waals surface area (Å²) in [7, 11) is 0. The first-order valence-corrected chi connectivity index (χ1v) is 11.8. The Bertz CT molecular complexity index is 1350. The second-order valence-electron chi connectivity index (χ2n) is 9.26. The van der Waals surface area contributed by atoms with Crippen molar-refractivity contribution in [3.8, 4) is 5.69 Å². The molecule has 2 aliphatic rings. The number of carboxylic acid groups (broad SMARTS) is 1. The lowest BCUT2D eigenvalue weighted by molar-refractivity contribution is -0.153. The molecule has 2 aromatic heterocycles. The normalized spacial score (nSPS) is 21.9. The molecule has 0 radical (unpaired) electrons. The standard InChI is InChI=1S/C26H26FN3O4/c27-18-2-4-19(5-3-18)30-22-11-17-13-28-29-21(17)12-20(22)24(25(30)15-7-9-33-10-8-15)16-1-6-23(26(31)32)34-14-16/h2-5,11-13,15-16,23H,1,6-10,14H2,(H,28,29)(H,31,32)/t16-,23?/m0/s1. The second-order valence-corrected chi connectivity index (χ2v) is 9.26. The van der Waals surface area contributed by atoms with Crippen LogP contribution in [0.3, 0.4) is 0 Å². The van der Waals surface area contributed by atoms with Gasteiger partial charge >= 0.3 is 5.97 Å². The van der Waals surface area contributed by atoms with E-state index in [9.17, 15) is 14.3 Å². The lowest BCUT2D eigenvalue weighted by Crippen LogP contribution is -2.31. The summed E-state index contributed by atoms with van der Waals surface area (Å²) >= 11 is 0. The molecule has 2 fully saturated rings. The summed E-state index contributed by atoms with van der Waals surface area (Å²) in [4.78, 5) is 11.5. The Labute approximate surface area is 195 Å². The van der Waals surface area contributed by atoms with Crippen molar-refractivity contribution in [2.24, 2.45) is 0 Å². The number of halogens is 1. The average Bonchev–Trinajstić information content (AvgIpc) is 3.45. The molecular weight excluding hydrogens is 437 g/mol. The number of nitrogens with zero attached hydrogens (tertiary/aromatic N) is 2. The van der Waals surface area contributed by atoms with Gasteiger partial charge in [0.15, 0.2) is 6.10 Å². The molecule has 0 amide bonds. The Morgan fingerprint density at radius 1 is 1.09 bits per heavy atom. The fraction of sp³-hybridized carbons (Fsp3) is 0.385. The molecule has 0 saturated carbocycles. The van der Waals surface area contributed by atoms with Gasteiger partial charge in [0, 0.05) is 47.2 Å². The second kappa shape index (κ2) is 8.52. The van der Waals surface area contributed by atoms with Crippen LogP contribution >= 0.6 is 0 Å². The van der Waals surface area contributed by atoms with Gasteiger partial charge in [0.05, 0.1) is 23.8 Å². The minimum atomic E-state index is -0.906. The maximum atomic E-state index is 13.8. The van der Waals surface area contributed by atoms with E-state index in [0.717, 1.165) is 46.8 Å². The number of carboxylic acids is 1. The van der Waals surface area contributed by atoms with Crippen molar-refractivity contribution in [1.29, 1.82) is 0 Å². The summed E-state index contributed by atoms with van der Waals surface area (Å²) in [6.45, 7) is 1.75. The van der Waals surface area contributed by atoms with Crippen LogP contribution < -0.4 is 0 Å². The van der Waals surface area contributed by atoms with E-state index in [1.54, 1.807) is 0 Å². The van der Waals surface area contributed by atoms with Gasteiger partial charge < -0.3 is 19.1 Å². The molecule has 34 heavy (non-hydrogen) atoms. The number of carbonyl (C=O) groups is 1. The molecule has 4 heterocycles. The number of fused-ring (bicyclic) bond motifs is 2. The van der Waals surface area contributed by atoms with Crippen LogP contribution in [0.1, 0.15) is 48.8 Å². The first kappa shape index (κ1) is 21.3. The number of nitrogens with one attached hydrogen (secondary N) is 1. The molecule has 2 aliphatic heterocycles. The predicted molar refractivity (Wildman–Crippen MR) is 125 cm³/mol. The third-order valence-corrected chi connectivity index (χ3v) is 7.26. The maximum absolute atomic E-state index is 13.8. The van der Waals surface area contributed by atoms with E-state index in [2.05, 4.69) is 26.9 Å². The van der Waals surface area contributed by atoms with Crippen LogP contribution in [-0.4, -0.2) is 51.8 Å². The van der Waals surface area contributed by atoms with E-state index in [0.29, 0.717) is 26.2 Å². The minimum absolute atomic E-state index is 0.0676. The quantitative estimate of drug-likeness (QED) is 0.450. The number of aromatic amines is 1. The molecule has 176 valence electrons. The molecule has 4 aromatic rings. The molecule has 0 spiro atoms. The van der Waals surface area contributed by atoms with Crippen molar-refractivity contribution in [1.82, 2.24) is 14.8 Å². The maximum Gasteiger partial charge on any atom is 0.332 e. The van der Waals surface area contributed by atoms with E-state index in [-0.39, 0.29) is 17.7 Å².